The molecular weight excluding hydrogens is 366 g/mol. The maximum absolute atomic E-state index is 12.0. The fraction of sp³-hybridized carbons (Fsp3) is 0.300. The number of alkyl halides is 2. The molecule has 0 aliphatic rings. The van der Waals surface area contributed by atoms with Crippen LogP contribution in [0, 0.1) is 0 Å². The number of halogens is 4. The lowest BCUT2D eigenvalue weighted by Gasteiger charge is -2.10. The second-order valence-electron chi connectivity index (χ2n) is 2.86. The van der Waals surface area contributed by atoms with Crippen LogP contribution in [0.5, 0.6) is 5.75 Å². The SMILES string of the molecule is CCOC(=O)c1c(Br)cc(OC(F)F)cc1Br. The van der Waals surface area contributed by atoms with Gasteiger partial charge in [-0.05, 0) is 50.9 Å². The molecule has 0 spiro atoms. The minimum absolute atomic E-state index is 0.0493. The molecule has 0 atom stereocenters. The highest BCUT2D eigenvalue weighted by Crippen LogP contribution is 2.32. The van der Waals surface area contributed by atoms with Gasteiger partial charge in [-0.1, -0.05) is 0 Å². The van der Waals surface area contributed by atoms with Crippen molar-refractivity contribution in [3.05, 3.63) is 26.6 Å². The maximum atomic E-state index is 12.0. The lowest BCUT2D eigenvalue weighted by molar-refractivity contribution is -0.0499. The summed E-state index contributed by atoms with van der Waals surface area (Å²) in [6, 6.07) is 2.56. The van der Waals surface area contributed by atoms with Crippen LogP contribution in [0.1, 0.15) is 17.3 Å². The average Bonchev–Trinajstić information content (AvgIpc) is 2.15. The first kappa shape index (κ1) is 14.4. The fourth-order valence-corrected chi connectivity index (χ4v) is 2.59. The van der Waals surface area contributed by atoms with Gasteiger partial charge in [0.2, 0.25) is 0 Å². The topological polar surface area (TPSA) is 35.5 Å². The zero-order chi connectivity index (χ0) is 13.0. The summed E-state index contributed by atoms with van der Waals surface area (Å²) in [5.41, 5.74) is 0.230. The molecule has 0 saturated carbocycles. The third-order valence-electron chi connectivity index (χ3n) is 1.72. The van der Waals surface area contributed by atoms with Crippen molar-refractivity contribution in [1.29, 1.82) is 0 Å². The van der Waals surface area contributed by atoms with E-state index in [1.54, 1.807) is 6.92 Å². The first-order valence-corrected chi connectivity index (χ1v) is 6.15. The number of benzene rings is 1. The van der Waals surface area contributed by atoms with Crippen molar-refractivity contribution in [3.63, 3.8) is 0 Å². The molecule has 0 amide bonds. The van der Waals surface area contributed by atoms with Gasteiger partial charge in [-0.15, -0.1) is 0 Å². The van der Waals surface area contributed by atoms with Crippen LogP contribution < -0.4 is 4.74 Å². The lowest BCUT2D eigenvalue weighted by Crippen LogP contribution is -2.08. The van der Waals surface area contributed by atoms with Crippen LogP contribution in [0.2, 0.25) is 0 Å². The number of ether oxygens (including phenoxy) is 2. The van der Waals surface area contributed by atoms with Crippen molar-refractivity contribution >= 4 is 37.8 Å². The molecule has 3 nitrogen and oxygen atoms in total. The molecule has 1 rings (SSSR count). The summed E-state index contributed by atoms with van der Waals surface area (Å²) in [5.74, 6) is -0.596. The normalized spacial score (nSPS) is 10.5. The Kier molecular flexibility index (Phi) is 5.32. The van der Waals surface area contributed by atoms with Gasteiger partial charge in [-0.3, -0.25) is 0 Å². The van der Waals surface area contributed by atoms with Crippen molar-refractivity contribution in [2.24, 2.45) is 0 Å². The summed E-state index contributed by atoms with van der Waals surface area (Å²) in [6.07, 6.45) is 0. The summed E-state index contributed by atoms with van der Waals surface area (Å²) in [6.45, 7) is -1.01. The number of esters is 1. The van der Waals surface area contributed by atoms with Gasteiger partial charge in [0.25, 0.3) is 0 Å². The lowest BCUT2D eigenvalue weighted by atomic mass is 10.2. The highest BCUT2D eigenvalue weighted by atomic mass is 79.9. The average molecular weight is 374 g/mol. The van der Waals surface area contributed by atoms with Crippen molar-refractivity contribution in [1.82, 2.24) is 0 Å². The molecule has 0 aromatic heterocycles. The van der Waals surface area contributed by atoms with Crippen LogP contribution in [0.4, 0.5) is 8.78 Å². The third kappa shape index (κ3) is 3.92. The van der Waals surface area contributed by atoms with Crippen molar-refractivity contribution in [2.45, 2.75) is 13.5 Å². The van der Waals surface area contributed by atoms with Gasteiger partial charge >= 0.3 is 12.6 Å². The van der Waals surface area contributed by atoms with Crippen LogP contribution in [0.3, 0.4) is 0 Å². The van der Waals surface area contributed by atoms with Crippen molar-refractivity contribution < 1.29 is 23.0 Å². The van der Waals surface area contributed by atoms with Crippen LogP contribution in [0.25, 0.3) is 0 Å². The van der Waals surface area contributed by atoms with Crippen molar-refractivity contribution in [2.75, 3.05) is 6.61 Å². The smallest absolute Gasteiger partial charge is 0.387 e. The second-order valence-corrected chi connectivity index (χ2v) is 4.57. The number of carbonyl (C=O) groups excluding carboxylic acids is 1. The largest absolute Gasteiger partial charge is 0.462 e. The van der Waals surface area contributed by atoms with Gasteiger partial charge in [0.05, 0.1) is 12.2 Å². The minimum atomic E-state index is -2.91. The highest BCUT2D eigenvalue weighted by molar-refractivity contribution is 9.11. The van der Waals surface area contributed by atoms with Crippen LogP contribution in [-0.4, -0.2) is 19.2 Å². The maximum Gasteiger partial charge on any atom is 0.387 e. The molecule has 0 radical (unpaired) electrons. The van der Waals surface area contributed by atoms with E-state index in [9.17, 15) is 13.6 Å². The monoisotopic (exact) mass is 372 g/mol. The van der Waals surface area contributed by atoms with E-state index in [2.05, 4.69) is 36.6 Å². The van der Waals surface area contributed by atoms with Gasteiger partial charge in [-0.25, -0.2) is 4.79 Å². The molecule has 0 saturated heterocycles. The summed E-state index contributed by atoms with van der Waals surface area (Å²) in [7, 11) is 0. The Morgan fingerprint density at radius 2 is 1.88 bits per heavy atom. The zero-order valence-electron chi connectivity index (χ0n) is 8.68. The summed E-state index contributed by atoms with van der Waals surface area (Å²) >= 11 is 6.21. The molecule has 0 N–H and O–H groups in total. The molecule has 7 heteroatoms. The molecule has 0 aliphatic carbocycles. The first-order chi connectivity index (χ1) is 7.95. The van der Waals surface area contributed by atoms with Gasteiger partial charge in [0.1, 0.15) is 5.75 Å². The molecule has 17 heavy (non-hydrogen) atoms. The Morgan fingerprint density at radius 1 is 1.35 bits per heavy atom. The molecule has 1 aromatic carbocycles. The third-order valence-corrected chi connectivity index (χ3v) is 2.97. The Balaban J connectivity index is 3.06. The van der Waals surface area contributed by atoms with Gasteiger partial charge in [-0.2, -0.15) is 8.78 Å². The summed E-state index contributed by atoms with van der Waals surface area (Å²) < 4.78 is 33.7. The van der Waals surface area contributed by atoms with Crippen LogP contribution in [0.15, 0.2) is 21.1 Å². The van der Waals surface area contributed by atoms with Gasteiger partial charge in [0.15, 0.2) is 0 Å². The molecule has 94 valence electrons. The molecular formula is C10H8Br2F2O3. The van der Waals surface area contributed by atoms with Crippen LogP contribution in [-0.2, 0) is 4.74 Å². The Bertz CT molecular complexity index is 401. The number of hydrogen-bond donors (Lipinski definition) is 0. The highest BCUT2D eigenvalue weighted by Gasteiger charge is 2.18. The zero-order valence-corrected chi connectivity index (χ0v) is 11.8. The van der Waals surface area contributed by atoms with E-state index >= 15 is 0 Å². The second kappa shape index (κ2) is 6.30. The van der Waals surface area contributed by atoms with E-state index in [0.717, 1.165) is 0 Å². The fourth-order valence-electron chi connectivity index (χ4n) is 1.12. The van der Waals surface area contributed by atoms with E-state index < -0.39 is 12.6 Å². The summed E-state index contributed by atoms with van der Waals surface area (Å²) in [4.78, 5) is 11.5. The van der Waals surface area contributed by atoms with E-state index in [1.165, 1.54) is 12.1 Å². The number of carbonyl (C=O) groups is 1. The molecule has 0 fully saturated rings. The molecule has 1 aromatic rings. The quantitative estimate of drug-likeness (QED) is 0.748. The predicted octanol–water partition coefficient (Wildman–Crippen LogP) is 3.99. The Labute approximate surface area is 113 Å². The first-order valence-electron chi connectivity index (χ1n) is 4.56. The van der Waals surface area contributed by atoms with E-state index in [1.807, 2.05) is 0 Å². The molecule has 0 aliphatic heterocycles. The standard InChI is InChI=1S/C10H8Br2F2O3/c1-2-16-9(15)8-6(11)3-5(4-7(8)12)17-10(13)14/h3-4,10H,2H2,1H3. The Hall–Kier alpha value is -0.690. The molecule has 0 bridgehead atoms. The molecule has 0 heterocycles. The van der Waals surface area contributed by atoms with E-state index in [0.29, 0.717) is 8.95 Å². The Morgan fingerprint density at radius 3 is 2.29 bits per heavy atom. The van der Waals surface area contributed by atoms with Crippen LogP contribution >= 0.6 is 31.9 Å². The van der Waals surface area contributed by atoms with Gasteiger partial charge in [0, 0.05) is 8.95 Å². The summed E-state index contributed by atoms with van der Waals surface area (Å²) in [5, 5.41) is 0. The minimum Gasteiger partial charge on any atom is -0.462 e. The number of rotatable bonds is 4. The number of hydrogen-bond acceptors (Lipinski definition) is 3. The predicted molar refractivity (Wildman–Crippen MR) is 64.4 cm³/mol. The van der Waals surface area contributed by atoms with Gasteiger partial charge < -0.3 is 9.47 Å². The van der Waals surface area contributed by atoms with Crippen molar-refractivity contribution in [3.8, 4) is 5.75 Å². The van der Waals surface area contributed by atoms with E-state index in [-0.39, 0.29) is 17.9 Å². The van der Waals surface area contributed by atoms with E-state index in [4.69, 9.17) is 4.74 Å². The molecule has 0 unspecified atom stereocenters.